The Morgan fingerprint density at radius 2 is 1.85 bits per heavy atom. The molecule has 254 valence electrons. The number of nitrogens with one attached hydrogen (secondary N) is 1. The number of hydrogen-bond donors (Lipinski definition) is 2. The molecule has 1 aliphatic heterocycles. The van der Waals surface area contributed by atoms with Crippen molar-refractivity contribution in [2.75, 3.05) is 58.5 Å². The van der Waals surface area contributed by atoms with E-state index in [9.17, 15) is 18.4 Å². The number of piperazine rings is 1. The summed E-state index contributed by atoms with van der Waals surface area (Å²) in [5, 5.41) is 3.97. The number of aromatic nitrogens is 1. The Morgan fingerprint density at radius 3 is 2.41 bits per heavy atom. The van der Waals surface area contributed by atoms with Crippen molar-refractivity contribution in [3.05, 3.63) is 52.7 Å². The molecule has 1 aliphatic rings. The molecule has 2 aromatic carbocycles. The van der Waals surface area contributed by atoms with Crippen molar-refractivity contribution < 1.29 is 32.6 Å². The number of anilines is 1. The van der Waals surface area contributed by atoms with Crippen LogP contribution in [0.1, 0.15) is 67.7 Å². The predicted octanol–water partition coefficient (Wildman–Crippen LogP) is 7.05. The number of thiol groups is 1. The van der Waals surface area contributed by atoms with E-state index in [2.05, 4.69) is 22.8 Å². The average molecular weight is 663 g/mol. The Balaban J connectivity index is 0.00000282. The zero-order valence-electron chi connectivity index (χ0n) is 28.4. The van der Waals surface area contributed by atoms with Gasteiger partial charge in [0.05, 0.1) is 37.5 Å². The molecule has 1 N–H and O–H groups in total. The van der Waals surface area contributed by atoms with Gasteiger partial charge in [0.1, 0.15) is 17.1 Å². The Bertz CT molecular complexity index is 1520. The third kappa shape index (κ3) is 8.32. The SMILES string of the molecule is CCOc1c(C2CN(CC(F)F)CCN2Cc2c(OC)cc(C)c3c2ccn3C(=O)OC(C)(C)C)ccc(C(C)=O)c1NC.CS. The van der Waals surface area contributed by atoms with Crippen molar-refractivity contribution in [1.82, 2.24) is 14.4 Å². The summed E-state index contributed by atoms with van der Waals surface area (Å²) in [6.45, 7) is 12.5. The highest BCUT2D eigenvalue weighted by Crippen LogP contribution is 2.42. The van der Waals surface area contributed by atoms with E-state index >= 15 is 0 Å². The Hall–Kier alpha value is -3.35. The lowest BCUT2D eigenvalue weighted by atomic mass is 9.95. The summed E-state index contributed by atoms with van der Waals surface area (Å²) in [5.74, 6) is 1.09. The van der Waals surface area contributed by atoms with Crippen LogP contribution in [0.2, 0.25) is 0 Å². The van der Waals surface area contributed by atoms with Gasteiger partial charge in [-0.25, -0.2) is 13.6 Å². The standard InChI is InChI=1S/C33H44F2N4O5.CH4S/c1-9-43-31-24(11-10-22(21(3)40)29(31)36-7)26-18-37(19-28(34)35)14-15-38(26)17-25-23-12-13-39(32(41)44-33(4,5)6)30(23)20(2)16-27(25)42-8;1-2/h10-13,16,26,28,36H,9,14-15,17-19H2,1-8H3;2H,1H3. The average Bonchev–Trinajstić information content (AvgIpc) is 3.45. The van der Waals surface area contributed by atoms with E-state index in [1.165, 1.54) is 11.5 Å². The molecule has 0 aliphatic carbocycles. The molecule has 1 aromatic heterocycles. The predicted molar refractivity (Wildman–Crippen MR) is 183 cm³/mol. The van der Waals surface area contributed by atoms with Crippen LogP contribution in [0.4, 0.5) is 19.3 Å². The van der Waals surface area contributed by atoms with E-state index in [0.29, 0.717) is 55.5 Å². The summed E-state index contributed by atoms with van der Waals surface area (Å²) < 4.78 is 46.3. The minimum atomic E-state index is -2.47. The maximum atomic E-state index is 13.6. The molecular weight excluding hydrogens is 614 g/mol. The van der Waals surface area contributed by atoms with Gasteiger partial charge in [-0.15, -0.1) is 0 Å². The van der Waals surface area contributed by atoms with Gasteiger partial charge in [-0.2, -0.15) is 12.6 Å². The zero-order valence-corrected chi connectivity index (χ0v) is 29.3. The number of Topliss-reactive ketones (excluding diaryl/α,β-unsaturated/α-hetero) is 1. The molecule has 4 rings (SSSR count). The second-order valence-corrected chi connectivity index (χ2v) is 12.1. The largest absolute Gasteiger partial charge is 0.496 e. The van der Waals surface area contributed by atoms with E-state index in [4.69, 9.17) is 14.2 Å². The molecule has 1 saturated heterocycles. The van der Waals surface area contributed by atoms with Gasteiger partial charge in [-0.05, 0) is 71.6 Å². The van der Waals surface area contributed by atoms with Gasteiger partial charge >= 0.3 is 6.09 Å². The van der Waals surface area contributed by atoms with Gasteiger partial charge < -0.3 is 19.5 Å². The molecule has 1 atom stereocenters. The van der Waals surface area contributed by atoms with Gasteiger partial charge in [0.25, 0.3) is 6.43 Å². The van der Waals surface area contributed by atoms with Gasteiger partial charge in [0, 0.05) is 61.5 Å². The Morgan fingerprint density at radius 1 is 1.15 bits per heavy atom. The van der Waals surface area contributed by atoms with Crippen LogP contribution in [-0.4, -0.2) is 91.5 Å². The van der Waals surface area contributed by atoms with Gasteiger partial charge in [-0.3, -0.25) is 19.2 Å². The third-order valence-electron chi connectivity index (χ3n) is 7.84. The van der Waals surface area contributed by atoms with Crippen LogP contribution in [0.3, 0.4) is 0 Å². The second kappa shape index (κ2) is 16.0. The molecule has 1 fully saturated rings. The molecule has 3 aromatic rings. The first-order chi connectivity index (χ1) is 21.8. The molecule has 12 heteroatoms. The lowest BCUT2D eigenvalue weighted by Crippen LogP contribution is -2.49. The van der Waals surface area contributed by atoms with E-state index in [0.717, 1.165) is 27.6 Å². The van der Waals surface area contributed by atoms with Crippen LogP contribution in [0, 0.1) is 6.92 Å². The number of benzene rings is 2. The number of fused-ring (bicyclic) bond motifs is 1. The maximum absolute atomic E-state index is 13.6. The summed E-state index contributed by atoms with van der Waals surface area (Å²) in [6, 6.07) is 7.09. The topological polar surface area (TPSA) is 85.3 Å². The number of methoxy groups -OCH3 is 1. The minimum Gasteiger partial charge on any atom is -0.496 e. The molecule has 0 spiro atoms. The number of rotatable bonds is 10. The fourth-order valence-electron chi connectivity index (χ4n) is 6.00. The van der Waals surface area contributed by atoms with Crippen molar-refractivity contribution in [1.29, 1.82) is 0 Å². The summed E-state index contributed by atoms with van der Waals surface area (Å²) >= 11 is 3.53. The Kier molecular flexibility index (Phi) is 12.9. The highest BCUT2D eigenvalue weighted by molar-refractivity contribution is 7.79. The first-order valence-electron chi connectivity index (χ1n) is 15.4. The monoisotopic (exact) mass is 662 g/mol. The molecule has 0 amide bonds. The van der Waals surface area contributed by atoms with Crippen LogP contribution in [0.15, 0.2) is 30.5 Å². The van der Waals surface area contributed by atoms with Crippen molar-refractivity contribution in [2.45, 2.75) is 66.2 Å². The number of halogens is 2. The van der Waals surface area contributed by atoms with Crippen LogP contribution < -0.4 is 14.8 Å². The van der Waals surface area contributed by atoms with Crippen LogP contribution in [0.25, 0.3) is 10.9 Å². The second-order valence-electron chi connectivity index (χ2n) is 12.1. The van der Waals surface area contributed by atoms with Crippen LogP contribution >= 0.6 is 12.6 Å². The number of ether oxygens (including phenoxy) is 3. The number of hydrogen-bond acceptors (Lipinski definition) is 9. The lowest BCUT2D eigenvalue weighted by molar-refractivity contribution is 0.0238. The number of nitrogens with zero attached hydrogens (tertiary/aromatic N) is 3. The van der Waals surface area contributed by atoms with Crippen molar-refractivity contribution in [3.8, 4) is 11.5 Å². The van der Waals surface area contributed by atoms with E-state index in [1.54, 1.807) is 37.6 Å². The van der Waals surface area contributed by atoms with Gasteiger partial charge in [0.15, 0.2) is 5.78 Å². The fourth-order valence-corrected chi connectivity index (χ4v) is 6.00. The van der Waals surface area contributed by atoms with Crippen LogP contribution in [0.5, 0.6) is 11.5 Å². The summed E-state index contributed by atoms with van der Waals surface area (Å²) in [6.07, 6.45) is 0.460. The first-order valence-corrected chi connectivity index (χ1v) is 16.3. The van der Waals surface area contributed by atoms with Crippen LogP contribution in [-0.2, 0) is 11.3 Å². The van der Waals surface area contributed by atoms with E-state index in [1.807, 2.05) is 52.8 Å². The van der Waals surface area contributed by atoms with Gasteiger partial charge in [0.2, 0.25) is 0 Å². The number of carbonyl (C=O) groups excluding carboxylic acids is 2. The summed E-state index contributed by atoms with van der Waals surface area (Å²) in [5.41, 5.74) is 3.66. The molecule has 0 radical (unpaired) electrons. The summed E-state index contributed by atoms with van der Waals surface area (Å²) in [7, 11) is 3.35. The minimum absolute atomic E-state index is 0.108. The number of carbonyl (C=O) groups is 2. The molecular formula is C34H48F2N4O5S. The number of alkyl halides is 2. The quantitative estimate of drug-likeness (QED) is 0.177. The fraction of sp³-hybridized carbons (Fsp3) is 0.529. The number of ketones is 1. The number of aryl methyl sites for hydroxylation is 1. The molecule has 46 heavy (non-hydrogen) atoms. The highest BCUT2D eigenvalue weighted by atomic mass is 32.1. The van der Waals surface area contributed by atoms with E-state index in [-0.39, 0.29) is 18.4 Å². The van der Waals surface area contributed by atoms with Crippen molar-refractivity contribution in [3.63, 3.8) is 0 Å². The Labute approximate surface area is 276 Å². The maximum Gasteiger partial charge on any atom is 0.419 e. The molecule has 9 nitrogen and oxygen atoms in total. The normalized spacial score (nSPS) is 15.8. The molecule has 1 unspecified atom stereocenters. The lowest BCUT2D eigenvalue weighted by Gasteiger charge is -2.42. The van der Waals surface area contributed by atoms with Gasteiger partial charge in [-0.1, -0.05) is 6.07 Å². The van der Waals surface area contributed by atoms with E-state index < -0.39 is 18.1 Å². The first kappa shape index (κ1) is 37.1. The molecule has 0 saturated carbocycles. The van der Waals surface area contributed by atoms with Crippen molar-refractivity contribution >= 4 is 41.1 Å². The third-order valence-corrected chi connectivity index (χ3v) is 7.84. The molecule has 2 heterocycles. The van der Waals surface area contributed by atoms with Crippen molar-refractivity contribution in [2.24, 2.45) is 0 Å². The smallest absolute Gasteiger partial charge is 0.419 e. The highest BCUT2D eigenvalue weighted by Gasteiger charge is 2.34. The zero-order chi connectivity index (χ0) is 34.3. The molecule has 0 bridgehead atoms. The summed E-state index contributed by atoms with van der Waals surface area (Å²) in [4.78, 5) is 29.6.